The Morgan fingerprint density at radius 2 is 1.74 bits per heavy atom. The van der Waals surface area contributed by atoms with Crippen molar-refractivity contribution < 1.29 is 9.53 Å². The summed E-state index contributed by atoms with van der Waals surface area (Å²) < 4.78 is 5.00. The predicted molar refractivity (Wildman–Crippen MR) is 107 cm³/mol. The maximum atomic E-state index is 11.7. The lowest BCUT2D eigenvalue weighted by Crippen LogP contribution is -2.05. The van der Waals surface area contributed by atoms with Crippen LogP contribution in [0, 0.1) is 13.8 Å². The zero-order valence-electron chi connectivity index (χ0n) is 15.6. The van der Waals surface area contributed by atoms with Crippen molar-refractivity contribution in [2.45, 2.75) is 20.8 Å². The van der Waals surface area contributed by atoms with Gasteiger partial charge in [0.2, 0.25) is 5.95 Å². The fraction of sp³-hybridized carbons (Fsp3) is 0.190. The minimum Gasteiger partial charge on any atom is -0.462 e. The number of rotatable bonds is 6. The molecular formula is C21H22N4O2. The highest BCUT2D eigenvalue weighted by molar-refractivity contribution is 5.89. The van der Waals surface area contributed by atoms with E-state index >= 15 is 0 Å². The summed E-state index contributed by atoms with van der Waals surface area (Å²) in [6.45, 7) is 6.09. The first-order chi connectivity index (χ1) is 13.0. The van der Waals surface area contributed by atoms with E-state index < -0.39 is 0 Å². The summed E-state index contributed by atoms with van der Waals surface area (Å²) in [4.78, 5) is 20.7. The first-order valence-electron chi connectivity index (χ1n) is 8.77. The number of nitrogens with zero attached hydrogens (tertiary/aromatic N) is 2. The molecule has 0 unspecified atom stereocenters. The van der Waals surface area contributed by atoms with Gasteiger partial charge in [-0.25, -0.2) is 9.78 Å². The zero-order chi connectivity index (χ0) is 19.2. The van der Waals surface area contributed by atoms with Gasteiger partial charge in [0.25, 0.3) is 0 Å². The molecule has 3 aromatic rings. The molecule has 0 spiro atoms. The van der Waals surface area contributed by atoms with Gasteiger partial charge in [0.05, 0.1) is 12.2 Å². The second-order valence-corrected chi connectivity index (χ2v) is 6.08. The van der Waals surface area contributed by atoms with Crippen LogP contribution in [0.2, 0.25) is 0 Å². The first kappa shape index (κ1) is 18.4. The highest BCUT2D eigenvalue weighted by Crippen LogP contribution is 2.21. The Labute approximate surface area is 158 Å². The lowest BCUT2D eigenvalue weighted by molar-refractivity contribution is 0.0526. The van der Waals surface area contributed by atoms with Gasteiger partial charge in [0, 0.05) is 23.1 Å². The number of para-hydroxylation sites is 1. The number of carbonyl (C=O) groups excluding carboxylic acids is 1. The molecule has 27 heavy (non-hydrogen) atoms. The topological polar surface area (TPSA) is 76.1 Å². The van der Waals surface area contributed by atoms with Gasteiger partial charge < -0.3 is 15.4 Å². The summed E-state index contributed by atoms with van der Waals surface area (Å²) in [5, 5.41) is 6.49. The lowest BCUT2D eigenvalue weighted by Gasteiger charge is -2.11. The van der Waals surface area contributed by atoms with Gasteiger partial charge in [-0.15, -0.1) is 0 Å². The van der Waals surface area contributed by atoms with Crippen LogP contribution in [0.5, 0.6) is 0 Å². The van der Waals surface area contributed by atoms with Crippen molar-refractivity contribution in [1.82, 2.24) is 9.97 Å². The maximum Gasteiger partial charge on any atom is 0.338 e. The Morgan fingerprint density at radius 3 is 2.44 bits per heavy atom. The van der Waals surface area contributed by atoms with Crippen LogP contribution in [0.15, 0.2) is 54.6 Å². The number of anilines is 4. The third kappa shape index (κ3) is 4.82. The molecule has 0 atom stereocenters. The van der Waals surface area contributed by atoms with Crippen molar-refractivity contribution in [3.05, 3.63) is 71.4 Å². The Bertz CT molecular complexity index is 939. The number of hydrogen-bond acceptors (Lipinski definition) is 6. The van der Waals surface area contributed by atoms with Crippen LogP contribution in [0.4, 0.5) is 23.1 Å². The Hall–Kier alpha value is -3.41. The first-order valence-corrected chi connectivity index (χ1v) is 8.77. The van der Waals surface area contributed by atoms with E-state index in [0.717, 1.165) is 22.6 Å². The van der Waals surface area contributed by atoms with Crippen LogP contribution in [-0.2, 0) is 4.74 Å². The van der Waals surface area contributed by atoms with Crippen molar-refractivity contribution in [2.75, 3.05) is 17.2 Å². The van der Waals surface area contributed by atoms with Crippen molar-refractivity contribution in [1.29, 1.82) is 0 Å². The van der Waals surface area contributed by atoms with Crippen LogP contribution < -0.4 is 10.6 Å². The SMILES string of the molecule is CCOC(=O)c1ccc(Nc2cc(C)nc(Nc3ccccc3C)n2)cc1. The van der Waals surface area contributed by atoms with E-state index in [9.17, 15) is 4.79 Å². The average molecular weight is 362 g/mol. The number of aromatic nitrogens is 2. The fourth-order valence-electron chi connectivity index (χ4n) is 2.57. The van der Waals surface area contributed by atoms with Gasteiger partial charge in [0.1, 0.15) is 5.82 Å². The molecule has 1 heterocycles. The van der Waals surface area contributed by atoms with Crippen LogP contribution in [0.25, 0.3) is 0 Å². The van der Waals surface area contributed by atoms with Gasteiger partial charge in [-0.3, -0.25) is 0 Å². The molecule has 138 valence electrons. The average Bonchev–Trinajstić information content (AvgIpc) is 2.64. The summed E-state index contributed by atoms with van der Waals surface area (Å²) in [6.07, 6.45) is 0. The summed E-state index contributed by atoms with van der Waals surface area (Å²) in [6, 6.07) is 16.9. The summed E-state index contributed by atoms with van der Waals surface area (Å²) in [5.74, 6) is 0.865. The number of nitrogens with one attached hydrogen (secondary N) is 2. The van der Waals surface area contributed by atoms with Gasteiger partial charge in [-0.1, -0.05) is 18.2 Å². The number of carbonyl (C=O) groups is 1. The molecule has 0 aliphatic carbocycles. The maximum absolute atomic E-state index is 11.7. The standard InChI is InChI=1S/C21H22N4O2/c1-4-27-20(26)16-9-11-17(12-10-16)23-19-13-15(3)22-21(25-19)24-18-8-6-5-7-14(18)2/h5-13H,4H2,1-3H3,(H2,22,23,24,25). The summed E-state index contributed by atoms with van der Waals surface area (Å²) in [5.41, 5.74) is 4.26. The highest BCUT2D eigenvalue weighted by atomic mass is 16.5. The number of hydrogen-bond donors (Lipinski definition) is 2. The Kier molecular flexibility index (Phi) is 5.66. The van der Waals surface area contributed by atoms with E-state index in [-0.39, 0.29) is 5.97 Å². The molecule has 0 aliphatic rings. The van der Waals surface area contributed by atoms with Crippen molar-refractivity contribution in [3.63, 3.8) is 0 Å². The van der Waals surface area contributed by atoms with Gasteiger partial charge >= 0.3 is 5.97 Å². The van der Waals surface area contributed by atoms with E-state index in [4.69, 9.17) is 4.74 Å². The molecule has 0 saturated carbocycles. The highest BCUT2D eigenvalue weighted by Gasteiger charge is 2.07. The number of benzene rings is 2. The van der Waals surface area contributed by atoms with Crippen LogP contribution in [0.1, 0.15) is 28.5 Å². The van der Waals surface area contributed by atoms with Crippen LogP contribution in [0.3, 0.4) is 0 Å². The molecule has 0 aliphatic heterocycles. The smallest absolute Gasteiger partial charge is 0.338 e. The molecule has 6 heteroatoms. The summed E-state index contributed by atoms with van der Waals surface area (Å²) in [7, 11) is 0. The number of esters is 1. The van der Waals surface area contributed by atoms with E-state index in [1.54, 1.807) is 19.1 Å². The molecule has 0 saturated heterocycles. The van der Waals surface area contributed by atoms with Gasteiger partial charge in [-0.05, 0) is 56.7 Å². The number of aryl methyl sites for hydroxylation is 2. The molecule has 1 aromatic heterocycles. The largest absolute Gasteiger partial charge is 0.462 e. The fourth-order valence-corrected chi connectivity index (χ4v) is 2.57. The van der Waals surface area contributed by atoms with Crippen molar-refractivity contribution in [2.24, 2.45) is 0 Å². The molecule has 6 nitrogen and oxygen atoms in total. The van der Waals surface area contributed by atoms with E-state index in [1.165, 1.54) is 0 Å². The molecule has 0 bridgehead atoms. The predicted octanol–water partition coefficient (Wildman–Crippen LogP) is 4.76. The second-order valence-electron chi connectivity index (χ2n) is 6.08. The normalized spacial score (nSPS) is 10.3. The summed E-state index contributed by atoms with van der Waals surface area (Å²) >= 11 is 0. The van der Waals surface area contributed by atoms with Crippen molar-refractivity contribution >= 4 is 29.1 Å². The second kappa shape index (κ2) is 8.31. The molecular weight excluding hydrogens is 340 g/mol. The van der Waals surface area contributed by atoms with Crippen LogP contribution in [-0.4, -0.2) is 22.5 Å². The van der Waals surface area contributed by atoms with Gasteiger partial charge in [0.15, 0.2) is 0 Å². The Morgan fingerprint density at radius 1 is 1.00 bits per heavy atom. The van der Waals surface area contributed by atoms with Crippen LogP contribution >= 0.6 is 0 Å². The van der Waals surface area contributed by atoms with E-state index in [0.29, 0.717) is 23.9 Å². The van der Waals surface area contributed by atoms with Gasteiger partial charge in [-0.2, -0.15) is 4.98 Å². The number of ether oxygens (including phenoxy) is 1. The molecule has 0 radical (unpaired) electrons. The molecule has 0 fully saturated rings. The zero-order valence-corrected chi connectivity index (χ0v) is 15.6. The molecule has 0 amide bonds. The third-order valence-corrected chi connectivity index (χ3v) is 3.91. The molecule has 2 aromatic carbocycles. The molecule has 3 rings (SSSR count). The lowest BCUT2D eigenvalue weighted by atomic mass is 10.2. The van der Waals surface area contributed by atoms with Crippen molar-refractivity contribution in [3.8, 4) is 0 Å². The minimum absolute atomic E-state index is 0.327. The Balaban J connectivity index is 1.76. The third-order valence-electron chi connectivity index (χ3n) is 3.91. The van der Waals surface area contributed by atoms with E-state index in [1.807, 2.05) is 56.3 Å². The monoisotopic (exact) mass is 362 g/mol. The quantitative estimate of drug-likeness (QED) is 0.616. The molecule has 2 N–H and O–H groups in total. The minimum atomic E-state index is -0.327. The van der Waals surface area contributed by atoms with E-state index in [2.05, 4.69) is 20.6 Å².